The predicted molar refractivity (Wildman–Crippen MR) is 92.8 cm³/mol. The highest BCUT2D eigenvalue weighted by Gasteiger charge is 2.16. The number of hydrogen-bond donors (Lipinski definition) is 2. The molecule has 0 aromatic carbocycles. The summed E-state index contributed by atoms with van der Waals surface area (Å²) < 4.78 is 16.7. The molecule has 0 aromatic heterocycles. The quantitative estimate of drug-likeness (QED) is 0.377. The van der Waals surface area contributed by atoms with Gasteiger partial charge in [0.1, 0.15) is 12.2 Å². The minimum Gasteiger partial charge on any atom is -0.394 e. The monoisotopic (exact) mass is 334 g/mol. The van der Waals surface area contributed by atoms with Gasteiger partial charge in [-0.2, -0.15) is 0 Å². The molecule has 0 heterocycles. The minimum atomic E-state index is -0.401. The second kappa shape index (κ2) is 18.1. The molecule has 5 nitrogen and oxygen atoms in total. The van der Waals surface area contributed by atoms with Crippen molar-refractivity contribution in [2.75, 3.05) is 39.6 Å². The van der Waals surface area contributed by atoms with E-state index >= 15 is 0 Å². The topological polar surface area (TPSA) is 68.2 Å². The van der Waals surface area contributed by atoms with E-state index < -0.39 is 12.2 Å². The van der Waals surface area contributed by atoms with Crippen molar-refractivity contribution in [3.63, 3.8) is 0 Å². The van der Waals surface area contributed by atoms with Crippen molar-refractivity contribution in [1.29, 1.82) is 0 Å². The maximum Gasteiger partial charge on any atom is 0.104 e. The average Bonchev–Trinajstić information content (AvgIpc) is 2.58. The number of aliphatic hydroxyl groups is 2. The molecule has 0 radical (unpaired) electrons. The Balaban J connectivity index is 3.70. The Morgan fingerprint density at radius 2 is 1.09 bits per heavy atom. The van der Waals surface area contributed by atoms with Gasteiger partial charge in [0.2, 0.25) is 0 Å². The fourth-order valence-corrected chi connectivity index (χ4v) is 2.23. The molecule has 0 spiro atoms. The molecule has 0 amide bonds. The van der Waals surface area contributed by atoms with E-state index in [1.807, 2.05) is 0 Å². The standard InChI is InChI=1S/C18H38O5/c1-3-5-7-9-11-21-15-17(13-19)23-18(14-20)16-22-12-10-8-6-4-2/h17-20H,3-16H2,1-2H3. The van der Waals surface area contributed by atoms with Gasteiger partial charge in [-0.15, -0.1) is 0 Å². The van der Waals surface area contributed by atoms with Crippen molar-refractivity contribution in [1.82, 2.24) is 0 Å². The fraction of sp³-hybridized carbons (Fsp3) is 1.00. The summed E-state index contributed by atoms with van der Waals surface area (Å²) in [4.78, 5) is 0. The van der Waals surface area contributed by atoms with Gasteiger partial charge in [0.25, 0.3) is 0 Å². The van der Waals surface area contributed by atoms with Crippen LogP contribution in [0.3, 0.4) is 0 Å². The molecular weight excluding hydrogens is 296 g/mol. The molecule has 0 saturated carbocycles. The van der Waals surface area contributed by atoms with Gasteiger partial charge in [0.15, 0.2) is 0 Å². The minimum absolute atomic E-state index is 0.109. The van der Waals surface area contributed by atoms with E-state index in [0.29, 0.717) is 26.4 Å². The number of rotatable bonds is 18. The Morgan fingerprint density at radius 3 is 1.43 bits per heavy atom. The molecule has 0 aliphatic heterocycles. The number of aliphatic hydroxyl groups excluding tert-OH is 2. The van der Waals surface area contributed by atoms with E-state index in [1.54, 1.807) is 0 Å². The van der Waals surface area contributed by atoms with Gasteiger partial charge in [-0.25, -0.2) is 0 Å². The van der Waals surface area contributed by atoms with Crippen LogP contribution in [0.25, 0.3) is 0 Å². The smallest absolute Gasteiger partial charge is 0.104 e. The zero-order valence-corrected chi connectivity index (χ0v) is 15.2. The SMILES string of the molecule is CCCCCCOCC(CO)OC(CO)COCCCCCC. The zero-order valence-electron chi connectivity index (χ0n) is 15.2. The Labute approximate surface area is 142 Å². The van der Waals surface area contributed by atoms with Gasteiger partial charge in [0, 0.05) is 13.2 Å². The molecule has 0 aromatic rings. The molecule has 0 fully saturated rings. The van der Waals surface area contributed by atoms with Crippen molar-refractivity contribution >= 4 is 0 Å². The molecule has 2 N–H and O–H groups in total. The lowest BCUT2D eigenvalue weighted by Crippen LogP contribution is -2.34. The van der Waals surface area contributed by atoms with Gasteiger partial charge in [-0.1, -0.05) is 52.4 Å². The summed E-state index contributed by atoms with van der Waals surface area (Å²) in [5, 5.41) is 18.7. The van der Waals surface area contributed by atoms with Crippen molar-refractivity contribution in [3.8, 4) is 0 Å². The molecule has 5 heteroatoms. The molecule has 0 saturated heterocycles. The Bertz CT molecular complexity index is 203. The van der Waals surface area contributed by atoms with Crippen LogP contribution >= 0.6 is 0 Å². The van der Waals surface area contributed by atoms with E-state index in [0.717, 1.165) is 12.8 Å². The van der Waals surface area contributed by atoms with Crippen LogP contribution in [0.5, 0.6) is 0 Å². The van der Waals surface area contributed by atoms with Gasteiger partial charge < -0.3 is 24.4 Å². The molecule has 0 bridgehead atoms. The molecular formula is C18H38O5. The van der Waals surface area contributed by atoms with Crippen molar-refractivity contribution in [2.45, 2.75) is 77.4 Å². The van der Waals surface area contributed by atoms with Crippen LogP contribution in [0, 0.1) is 0 Å². The normalized spacial score (nSPS) is 14.1. The number of unbranched alkanes of at least 4 members (excludes halogenated alkanes) is 6. The maximum atomic E-state index is 9.35. The summed E-state index contributed by atoms with van der Waals surface area (Å²) in [6.07, 6.45) is 8.49. The van der Waals surface area contributed by atoms with Crippen molar-refractivity contribution in [2.24, 2.45) is 0 Å². The van der Waals surface area contributed by atoms with Gasteiger partial charge >= 0.3 is 0 Å². The number of hydrogen-bond acceptors (Lipinski definition) is 5. The summed E-state index contributed by atoms with van der Waals surface area (Å²) in [5.41, 5.74) is 0. The summed E-state index contributed by atoms with van der Waals surface area (Å²) in [7, 11) is 0. The second-order valence-electron chi connectivity index (χ2n) is 6.02. The zero-order chi connectivity index (χ0) is 17.2. The molecule has 140 valence electrons. The Morgan fingerprint density at radius 1 is 0.652 bits per heavy atom. The van der Waals surface area contributed by atoms with Crippen LogP contribution in [0.1, 0.15) is 65.2 Å². The summed E-state index contributed by atoms with van der Waals surface area (Å²) in [6.45, 7) is 6.24. The molecule has 0 aliphatic rings. The molecule has 2 atom stereocenters. The van der Waals surface area contributed by atoms with Crippen LogP contribution in [-0.2, 0) is 14.2 Å². The van der Waals surface area contributed by atoms with E-state index in [9.17, 15) is 10.2 Å². The second-order valence-corrected chi connectivity index (χ2v) is 6.02. The first kappa shape index (κ1) is 22.8. The molecule has 23 heavy (non-hydrogen) atoms. The average molecular weight is 334 g/mol. The summed E-state index contributed by atoms with van der Waals surface area (Å²) in [6, 6.07) is 0. The molecule has 2 unspecified atom stereocenters. The third-order valence-corrected chi connectivity index (χ3v) is 3.68. The first-order chi connectivity index (χ1) is 11.3. The van der Waals surface area contributed by atoms with Crippen molar-refractivity contribution in [3.05, 3.63) is 0 Å². The Hall–Kier alpha value is -0.200. The third kappa shape index (κ3) is 15.1. The first-order valence-corrected chi connectivity index (χ1v) is 9.31. The highest BCUT2D eigenvalue weighted by Crippen LogP contribution is 2.04. The molecule has 0 rings (SSSR count). The van der Waals surface area contributed by atoms with E-state index in [4.69, 9.17) is 14.2 Å². The summed E-state index contributed by atoms with van der Waals surface area (Å²) in [5.74, 6) is 0. The third-order valence-electron chi connectivity index (χ3n) is 3.68. The van der Waals surface area contributed by atoms with Crippen LogP contribution in [0.4, 0.5) is 0 Å². The number of ether oxygens (including phenoxy) is 3. The van der Waals surface area contributed by atoms with E-state index in [1.165, 1.54) is 38.5 Å². The lowest BCUT2D eigenvalue weighted by Gasteiger charge is -2.22. The summed E-state index contributed by atoms with van der Waals surface area (Å²) >= 11 is 0. The Kier molecular flexibility index (Phi) is 18.0. The van der Waals surface area contributed by atoms with Crippen LogP contribution in [-0.4, -0.2) is 62.1 Å². The highest BCUT2D eigenvalue weighted by atomic mass is 16.6. The largest absolute Gasteiger partial charge is 0.394 e. The van der Waals surface area contributed by atoms with E-state index in [-0.39, 0.29) is 13.2 Å². The predicted octanol–water partition coefficient (Wildman–Crippen LogP) is 2.92. The lowest BCUT2D eigenvalue weighted by molar-refractivity contribution is -0.115. The van der Waals surface area contributed by atoms with Gasteiger partial charge in [-0.3, -0.25) is 0 Å². The van der Waals surface area contributed by atoms with Crippen LogP contribution in [0.15, 0.2) is 0 Å². The van der Waals surface area contributed by atoms with Crippen LogP contribution < -0.4 is 0 Å². The molecule has 0 aliphatic carbocycles. The van der Waals surface area contributed by atoms with Gasteiger partial charge in [0.05, 0.1) is 26.4 Å². The first-order valence-electron chi connectivity index (χ1n) is 9.31. The van der Waals surface area contributed by atoms with Crippen molar-refractivity contribution < 1.29 is 24.4 Å². The fourth-order valence-electron chi connectivity index (χ4n) is 2.23. The van der Waals surface area contributed by atoms with E-state index in [2.05, 4.69) is 13.8 Å². The van der Waals surface area contributed by atoms with Crippen LogP contribution in [0.2, 0.25) is 0 Å². The maximum absolute atomic E-state index is 9.35. The highest BCUT2D eigenvalue weighted by molar-refractivity contribution is 4.62. The van der Waals surface area contributed by atoms with Gasteiger partial charge in [-0.05, 0) is 12.8 Å². The lowest BCUT2D eigenvalue weighted by atomic mass is 10.2.